The molecule has 162 valence electrons. The first-order valence-electron chi connectivity index (χ1n) is 10.5. The molecule has 0 fully saturated rings. The molecule has 1 atom stereocenters. The van der Waals surface area contributed by atoms with Crippen LogP contribution in [-0.2, 0) is 6.42 Å². The van der Waals surface area contributed by atoms with Gasteiger partial charge in [0.1, 0.15) is 23.0 Å². The number of hydrogen-bond donors (Lipinski definition) is 0. The summed E-state index contributed by atoms with van der Waals surface area (Å²) >= 11 is 0. The third-order valence-electron chi connectivity index (χ3n) is 6.08. The number of benzene rings is 2. The lowest BCUT2D eigenvalue weighted by Gasteiger charge is -2.32. The summed E-state index contributed by atoms with van der Waals surface area (Å²) in [6.07, 6.45) is 6.69. The van der Waals surface area contributed by atoms with Gasteiger partial charge in [0.05, 0.1) is 28.4 Å². The van der Waals surface area contributed by atoms with Gasteiger partial charge in [0, 0.05) is 18.1 Å². The van der Waals surface area contributed by atoms with E-state index in [9.17, 15) is 0 Å². The Morgan fingerprint density at radius 3 is 1.70 bits per heavy atom. The Morgan fingerprint density at radius 1 is 0.767 bits per heavy atom. The lowest BCUT2D eigenvalue weighted by Crippen LogP contribution is -2.18. The second kappa shape index (κ2) is 9.46. The predicted molar refractivity (Wildman–Crippen MR) is 121 cm³/mol. The van der Waals surface area contributed by atoms with Crippen LogP contribution in [0.2, 0.25) is 0 Å². The van der Waals surface area contributed by atoms with E-state index in [0.29, 0.717) is 5.41 Å². The third kappa shape index (κ3) is 5.29. The van der Waals surface area contributed by atoms with Crippen molar-refractivity contribution < 1.29 is 18.9 Å². The van der Waals surface area contributed by atoms with Crippen LogP contribution in [-0.4, -0.2) is 28.4 Å². The molecule has 30 heavy (non-hydrogen) atoms. The minimum absolute atomic E-state index is 0.238. The van der Waals surface area contributed by atoms with Gasteiger partial charge < -0.3 is 18.9 Å². The number of methoxy groups -OCH3 is 4. The van der Waals surface area contributed by atoms with E-state index in [0.717, 1.165) is 42.3 Å². The smallest absolute Gasteiger partial charge is 0.122 e. The van der Waals surface area contributed by atoms with Crippen LogP contribution in [0.3, 0.4) is 0 Å². The lowest BCUT2D eigenvalue weighted by molar-refractivity contribution is 0.319. The summed E-state index contributed by atoms with van der Waals surface area (Å²) in [6.45, 7) is 4.69. The van der Waals surface area contributed by atoms with Crippen molar-refractivity contribution in [1.29, 1.82) is 0 Å². The average molecular weight is 411 g/mol. The fraction of sp³-hybridized carbons (Fsp3) is 0.462. The molecule has 1 aliphatic carbocycles. The van der Waals surface area contributed by atoms with Gasteiger partial charge in [-0.1, -0.05) is 25.5 Å². The zero-order chi connectivity index (χ0) is 21.7. The Bertz CT molecular complexity index is 853. The summed E-state index contributed by atoms with van der Waals surface area (Å²) < 4.78 is 22.1. The van der Waals surface area contributed by atoms with Crippen molar-refractivity contribution in [3.63, 3.8) is 0 Å². The molecule has 0 spiro atoms. The molecule has 0 saturated heterocycles. The minimum Gasteiger partial charge on any atom is -0.497 e. The van der Waals surface area contributed by atoms with Crippen LogP contribution < -0.4 is 18.9 Å². The molecule has 0 saturated carbocycles. The topological polar surface area (TPSA) is 36.9 Å². The van der Waals surface area contributed by atoms with E-state index in [-0.39, 0.29) is 5.92 Å². The van der Waals surface area contributed by atoms with E-state index in [1.54, 1.807) is 28.4 Å². The fourth-order valence-electron chi connectivity index (χ4n) is 4.12. The van der Waals surface area contributed by atoms with Gasteiger partial charge in [-0.2, -0.15) is 0 Å². The standard InChI is InChI=1S/C26H34O4/c1-26(2)9-7-19(8-10-26)25(20-14-23(29-5)17-24(15-20)30-6)13-18-11-21(27-3)16-22(12-18)28-4/h7,11-12,14-17,25H,8-10,13H2,1-6H3. The SMILES string of the molecule is COc1cc(CC(C2=CCC(C)(C)CC2)c2cc(OC)cc(OC)c2)cc(OC)c1. The van der Waals surface area contributed by atoms with Crippen molar-refractivity contribution in [2.45, 2.75) is 45.4 Å². The molecule has 0 amide bonds. The molecule has 0 aromatic heterocycles. The first kappa shape index (κ1) is 22.1. The Balaban J connectivity index is 2.04. The van der Waals surface area contributed by atoms with Gasteiger partial charge in [-0.05, 0) is 66.5 Å². The van der Waals surface area contributed by atoms with E-state index in [2.05, 4.69) is 44.2 Å². The van der Waals surface area contributed by atoms with Crippen molar-refractivity contribution in [2.24, 2.45) is 5.41 Å². The zero-order valence-corrected chi connectivity index (χ0v) is 19.1. The first-order valence-corrected chi connectivity index (χ1v) is 10.5. The molecule has 0 bridgehead atoms. The van der Waals surface area contributed by atoms with E-state index in [1.807, 2.05) is 12.1 Å². The molecule has 1 unspecified atom stereocenters. The largest absolute Gasteiger partial charge is 0.497 e. The van der Waals surface area contributed by atoms with Gasteiger partial charge in [0.25, 0.3) is 0 Å². The van der Waals surface area contributed by atoms with E-state index in [1.165, 1.54) is 23.1 Å². The van der Waals surface area contributed by atoms with Crippen LogP contribution in [0, 0.1) is 5.41 Å². The highest BCUT2D eigenvalue weighted by atomic mass is 16.5. The highest BCUT2D eigenvalue weighted by Gasteiger charge is 2.27. The Labute approximate surface area is 180 Å². The molecule has 3 rings (SSSR count). The quantitative estimate of drug-likeness (QED) is 0.487. The zero-order valence-electron chi connectivity index (χ0n) is 19.1. The van der Waals surface area contributed by atoms with Crippen molar-refractivity contribution in [3.8, 4) is 23.0 Å². The van der Waals surface area contributed by atoms with Crippen LogP contribution >= 0.6 is 0 Å². The van der Waals surface area contributed by atoms with Crippen LogP contribution in [0.5, 0.6) is 23.0 Å². The summed E-state index contributed by atoms with van der Waals surface area (Å²) in [4.78, 5) is 0. The molecule has 4 nitrogen and oxygen atoms in total. The van der Waals surface area contributed by atoms with Gasteiger partial charge in [0.2, 0.25) is 0 Å². The highest BCUT2D eigenvalue weighted by Crippen LogP contribution is 2.42. The van der Waals surface area contributed by atoms with Gasteiger partial charge in [-0.3, -0.25) is 0 Å². The second-order valence-corrected chi connectivity index (χ2v) is 8.77. The van der Waals surface area contributed by atoms with Crippen molar-refractivity contribution in [3.05, 3.63) is 59.2 Å². The molecular formula is C26H34O4. The average Bonchev–Trinajstić information content (AvgIpc) is 2.77. The van der Waals surface area contributed by atoms with Crippen molar-refractivity contribution in [2.75, 3.05) is 28.4 Å². The fourth-order valence-corrected chi connectivity index (χ4v) is 4.12. The van der Waals surface area contributed by atoms with Crippen molar-refractivity contribution in [1.82, 2.24) is 0 Å². The van der Waals surface area contributed by atoms with Gasteiger partial charge >= 0.3 is 0 Å². The molecule has 2 aromatic carbocycles. The Kier molecular flexibility index (Phi) is 6.96. The summed E-state index contributed by atoms with van der Waals surface area (Å²) in [7, 11) is 6.77. The normalized spacial score (nSPS) is 16.4. The third-order valence-corrected chi connectivity index (χ3v) is 6.08. The van der Waals surface area contributed by atoms with Gasteiger partial charge in [0.15, 0.2) is 0 Å². The minimum atomic E-state index is 0.238. The monoisotopic (exact) mass is 410 g/mol. The van der Waals surface area contributed by atoms with Crippen molar-refractivity contribution >= 4 is 0 Å². The predicted octanol–water partition coefficient (Wildman–Crippen LogP) is 6.18. The molecule has 1 aliphatic rings. The molecule has 2 aromatic rings. The van der Waals surface area contributed by atoms with Gasteiger partial charge in [-0.15, -0.1) is 0 Å². The molecular weight excluding hydrogens is 376 g/mol. The van der Waals surface area contributed by atoms with Crippen LogP contribution in [0.4, 0.5) is 0 Å². The maximum atomic E-state index is 5.55. The second-order valence-electron chi connectivity index (χ2n) is 8.77. The van der Waals surface area contributed by atoms with E-state index >= 15 is 0 Å². The highest BCUT2D eigenvalue weighted by molar-refractivity contribution is 5.45. The number of hydrogen-bond acceptors (Lipinski definition) is 4. The van der Waals surface area contributed by atoms with E-state index in [4.69, 9.17) is 18.9 Å². The van der Waals surface area contributed by atoms with E-state index < -0.39 is 0 Å². The van der Waals surface area contributed by atoms with Crippen LogP contribution in [0.1, 0.15) is 50.2 Å². The summed E-state index contributed by atoms with van der Waals surface area (Å²) in [5.74, 6) is 3.49. The summed E-state index contributed by atoms with van der Waals surface area (Å²) in [5.41, 5.74) is 4.23. The van der Waals surface area contributed by atoms with Gasteiger partial charge in [-0.25, -0.2) is 0 Å². The number of rotatable bonds is 8. The lowest BCUT2D eigenvalue weighted by atomic mass is 9.73. The summed E-state index contributed by atoms with van der Waals surface area (Å²) in [5, 5.41) is 0. The maximum absolute atomic E-state index is 5.55. The molecule has 0 N–H and O–H groups in total. The Hall–Kier alpha value is -2.62. The number of allylic oxidation sites excluding steroid dienone is 2. The molecule has 4 heteroatoms. The first-order chi connectivity index (χ1) is 14.4. The molecule has 0 heterocycles. The van der Waals surface area contributed by atoms with Crippen LogP contribution in [0.15, 0.2) is 48.0 Å². The van der Waals surface area contributed by atoms with Crippen LogP contribution in [0.25, 0.3) is 0 Å². The number of ether oxygens (including phenoxy) is 4. The molecule has 0 aliphatic heterocycles. The summed E-state index contributed by atoms with van der Waals surface area (Å²) in [6, 6.07) is 12.3. The molecule has 0 radical (unpaired) electrons. The Morgan fingerprint density at radius 2 is 1.27 bits per heavy atom. The maximum Gasteiger partial charge on any atom is 0.122 e.